The number of nitrogens with zero attached hydrogens (tertiary/aromatic N) is 5. The van der Waals surface area contributed by atoms with Crippen LogP contribution < -0.4 is 4.90 Å². The Bertz CT molecular complexity index is 884. The summed E-state index contributed by atoms with van der Waals surface area (Å²) in [4.78, 5) is 25.4. The van der Waals surface area contributed by atoms with Crippen LogP contribution in [-0.2, 0) is 4.79 Å². The minimum atomic E-state index is 0.0849. The molecule has 1 fully saturated rings. The van der Waals surface area contributed by atoms with Gasteiger partial charge in [0.05, 0.1) is 11.4 Å². The SMILES string of the molecule is Cc1cccc(N2CCN(C(=O)CSc3nc(C)nc(C)c3C#N)CC2)c1. The van der Waals surface area contributed by atoms with Crippen LogP contribution >= 0.6 is 11.8 Å². The number of nitriles is 1. The summed E-state index contributed by atoms with van der Waals surface area (Å²) in [7, 11) is 0. The molecule has 1 saturated heterocycles. The average Bonchev–Trinajstić information content (AvgIpc) is 2.66. The van der Waals surface area contributed by atoms with Crippen LogP contribution in [0.25, 0.3) is 0 Å². The van der Waals surface area contributed by atoms with Crippen molar-refractivity contribution in [2.45, 2.75) is 25.8 Å². The Hall–Kier alpha value is -2.59. The van der Waals surface area contributed by atoms with Crippen LogP contribution in [0.1, 0.15) is 22.6 Å². The molecule has 2 aromatic rings. The van der Waals surface area contributed by atoms with E-state index in [4.69, 9.17) is 0 Å². The van der Waals surface area contributed by atoms with Crippen molar-refractivity contribution in [1.29, 1.82) is 5.26 Å². The quantitative estimate of drug-likeness (QED) is 0.599. The Morgan fingerprint density at radius 1 is 1.19 bits per heavy atom. The van der Waals surface area contributed by atoms with E-state index in [-0.39, 0.29) is 11.7 Å². The van der Waals surface area contributed by atoms with Crippen molar-refractivity contribution in [3.63, 3.8) is 0 Å². The third-order valence-electron chi connectivity index (χ3n) is 4.61. The van der Waals surface area contributed by atoms with Crippen LogP contribution in [-0.4, -0.2) is 52.7 Å². The highest BCUT2D eigenvalue weighted by Crippen LogP contribution is 2.23. The molecule has 0 spiro atoms. The number of hydrogen-bond acceptors (Lipinski definition) is 6. The number of rotatable bonds is 4. The van der Waals surface area contributed by atoms with E-state index < -0.39 is 0 Å². The lowest BCUT2D eigenvalue weighted by Gasteiger charge is -2.36. The van der Waals surface area contributed by atoms with Crippen molar-refractivity contribution < 1.29 is 4.79 Å². The number of hydrogen-bond donors (Lipinski definition) is 0. The fraction of sp³-hybridized carbons (Fsp3) is 0.400. The average molecular weight is 382 g/mol. The first-order valence-corrected chi connectivity index (χ1v) is 9.94. The molecule has 7 heteroatoms. The second kappa shape index (κ2) is 8.40. The number of amides is 1. The molecule has 1 amide bonds. The Kier molecular flexibility index (Phi) is 5.97. The van der Waals surface area contributed by atoms with Crippen molar-refractivity contribution in [2.24, 2.45) is 0 Å². The number of aryl methyl sites for hydroxylation is 3. The van der Waals surface area contributed by atoms with E-state index in [2.05, 4.69) is 52.1 Å². The van der Waals surface area contributed by atoms with Crippen molar-refractivity contribution in [1.82, 2.24) is 14.9 Å². The number of thioether (sulfide) groups is 1. The fourth-order valence-electron chi connectivity index (χ4n) is 3.17. The second-order valence-electron chi connectivity index (χ2n) is 6.64. The first-order valence-electron chi connectivity index (χ1n) is 8.95. The minimum absolute atomic E-state index is 0.0849. The van der Waals surface area contributed by atoms with E-state index in [1.807, 2.05) is 4.90 Å². The maximum atomic E-state index is 12.6. The summed E-state index contributed by atoms with van der Waals surface area (Å²) < 4.78 is 0. The van der Waals surface area contributed by atoms with Gasteiger partial charge in [0.1, 0.15) is 22.5 Å². The molecule has 1 aliphatic rings. The topological polar surface area (TPSA) is 73.1 Å². The van der Waals surface area contributed by atoms with Crippen LogP contribution in [0.2, 0.25) is 0 Å². The smallest absolute Gasteiger partial charge is 0.233 e. The molecule has 0 saturated carbocycles. The summed E-state index contributed by atoms with van der Waals surface area (Å²) in [6.45, 7) is 8.76. The van der Waals surface area contributed by atoms with Crippen molar-refractivity contribution in [3.05, 3.63) is 46.9 Å². The standard InChI is InChI=1S/C20H23N5OS/c1-14-5-4-6-17(11-14)24-7-9-25(10-8-24)19(26)13-27-20-18(12-21)15(2)22-16(3)23-20/h4-6,11H,7-10,13H2,1-3H3. The van der Waals surface area contributed by atoms with Gasteiger partial charge in [-0.2, -0.15) is 5.26 Å². The first-order chi connectivity index (χ1) is 13.0. The third kappa shape index (κ3) is 4.58. The number of piperazine rings is 1. The molecule has 140 valence electrons. The van der Waals surface area contributed by atoms with Gasteiger partial charge in [-0.1, -0.05) is 23.9 Å². The maximum absolute atomic E-state index is 12.6. The highest BCUT2D eigenvalue weighted by Gasteiger charge is 2.22. The lowest BCUT2D eigenvalue weighted by Crippen LogP contribution is -2.49. The van der Waals surface area contributed by atoms with Crippen LogP contribution in [0.5, 0.6) is 0 Å². The molecule has 0 unspecified atom stereocenters. The summed E-state index contributed by atoms with van der Waals surface area (Å²) in [5, 5.41) is 9.91. The molecule has 2 heterocycles. The van der Waals surface area contributed by atoms with Crippen LogP contribution in [0.4, 0.5) is 5.69 Å². The zero-order valence-corrected chi connectivity index (χ0v) is 16.7. The van der Waals surface area contributed by atoms with Gasteiger partial charge in [-0.3, -0.25) is 4.79 Å². The fourth-order valence-corrected chi connectivity index (χ4v) is 4.15. The summed E-state index contributed by atoms with van der Waals surface area (Å²) in [5.74, 6) is 0.990. The predicted molar refractivity (Wildman–Crippen MR) is 107 cm³/mol. The summed E-state index contributed by atoms with van der Waals surface area (Å²) in [5.41, 5.74) is 3.57. The molecule has 1 aliphatic heterocycles. The van der Waals surface area contributed by atoms with Crippen molar-refractivity contribution in [3.8, 4) is 6.07 Å². The zero-order chi connectivity index (χ0) is 19.4. The zero-order valence-electron chi connectivity index (χ0n) is 15.9. The molecule has 1 aromatic heterocycles. The number of anilines is 1. The van der Waals surface area contributed by atoms with Crippen LogP contribution in [0.15, 0.2) is 29.3 Å². The maximum Gasteiger partial charge on any atom is 0.233 e. The largest absolute Gasteiger partial charge is 0.368 e. The monoisotopic (exact) mass is 381 g/mol. The molecule has 0 atom stereocenters. The van der Waals surface area contributed by atoms with E-state index in [1.165, 1.54) is 23.0 Å². The Morgan fingerprint density at radius 2 is 1.93 bits per heavy atom. The van der Waals surface area contributed by atoms with Crippen LogP contribution in [0.3, 0.4) is 0 Å². The second-order valence-corrected chi connectivity index (χ2v) is 7.61. The third-order valence-corrected chi connectivity index (χ3v) is 5.57. The van der Waals surface area contributed by atoms with Crippen molar-refractivity contribution >= 4 is 23.4 Å². The van der Waals surface area contributed by atoms with E-state index in [0.717, 1.165) is 13.1 Å². The van der Waals surface area contributed by atoms with Gasteiger partial charge < -0.3 is 9.80 Å². The number of carbonyl (C=O) groups is 1. The van der Waals surface area contributed by atoms with Gasteiger partial charge in [-0.15, -0.1) is 0 Å². The highest BCUT2D eigenvalue weighted by molar-refractivity contribution is 8.00. The summed E-state index contributed by atoms with van der Waals surface area (Å²) in [6.07, 6.45) is 0. The van der Waals surface area contributed by atoms with E-state index in [9.17, 15) is 10.1 Å². The molecular formula is C20H23N5OS. The molecule has 1 aromatic carbocycles. The number of aromatic nitrogens is 2. The molecule has 27 heavy (non-hydrogen) atoms. The first kappa shape index (κ1) is 19.2. The molecule has 0 aliphatic carbocycles. The minimum Gasteiger partial charge on any atom is -0.368 e. The number of carbonyl (C=O) groups excluding carboxylic acids is 1. The molecule has 3 rings (SSSR count). The lowest BCUT2D eigenvalue weighted by atomic mass is 10.2. The molecule has 0 radical (unpaired) electrons. The molecule has 0 N–H and O–H groups in total. The Labute approximate surface area is 164 Å². The van der Waals surface area contributed by atoms with E-state index in [1.54, 1.807) is 13.8 Å². The Morgan fingerprint density at radius 3 is 2.59 bits per heavy atom. The number of benzene rings is 1. The van der Waals surface area contributed by atoms with Crippen LogP contribution in [0, 0.1) is 32.1 Å². The van der Waals surface area contributed by atoms with Gasteiger partial charge in [0.25, 0.3) is 0 Å². The van der Waals surface area contributed by atoms with Gasteiger partial charge in [0.2, 0.25) is 5.91 Å². The lowest BCUT2D eigenvalue weighted by molar-refractivity contribution is -0.128. The van der Waals surface area contributed by atoms with Gasteiger partial charge in [-0.05, 0) is 38.5 Å². The van der Waals surface area contributed by atoms with Crippen molar-refractivity contribution in [2.75, 3.05) is 36.8 Å². The van der Waals surface area contributed by atoms with E-state index in [0.29, 0.717) is 35.2 Å². The molecular weight excluding hydrogens is 358 g/mol. The highest BCUT2D eigenvalue weighted by atomic mass is 32.2. The summed E-state index contributed by atoms with van der Waals surface area (Å²) >= 11 is 1.32. The van der Waals surface area contributed by atoms with E-state index >= 15 is 0 Å². The van der Waals surface area contributed by atoms with Gasteiger partial charge in [-0.25, -0.2) is 9.97 Å². The normalized spacial score (nSPS) is 14.1. The molecule has 6 nitrogen and oxygen atoms in total. The predicted octanol–water partition coefficient (Wildman–Crippen LogP) is 2.71. The molecule has 0 bridgehead atoms. The Balaban J connectivity index is 1.57. The van der Waals surface area contributed by atoms with Gasteiger partial charge >= 0.3 is 0 Å². The van der Waals surface area contributed by atoms with Gasteiger partial charge in [0.15, 0.2) is 0 Å². The summed E-state index contributed by atoms with van der Waals surface area (Å²) in [6, 6.07) is 10.6. The van der Waals surface area contributed by atoms with Gasteiger partial charge in [0, 0.05) is 31.9 Å².